The number of hydrogen-bond acceptors (Lipinski definition) is 8. The number of aromatic nitrogens is 1. The summed E-state index contributed by atoms with van der Waals surface area (Å²) in [4.78, 5) is 15.6. The summed E-state index contributed by atoms with van der Waals surface area (Å²) in [6.45, 7) is 1.66. The Kier molecular flexibility index (Phi) is 5.57. The number of benzene rings is 1. The predicted octanol–water partition coefficient (Wildman–Crippen LogP) is 1.88. The molecule has 11 heteroatoms. The lowest BCUT2D eigenvalue weighted by Gasteiger charge is -2.24. The molecule has 0 aliphatic carbocycles. The van der Waals surface area contributed by atoms with Crippen molar-refractivity contribution in [3.05, 3.63) is 48.4 Å². The fourth-order valence-corrected chi connectivity index (χ4v) is 4.25. The van der Waals surface area contributed by atoms with Gasteiger partial charge in [-0.1, -0.05) is 0 Å². The van der Waals surface area contributed by atoms with Crippen molar-refractivity contribution in [3.63, 3.8) is 0 Å². The van der Waals surface area contributed by atoms with Gasteiger partial charge in [0, 0.05) is 17.6 Å². The number of furan rings is 1. The Morgan fingerprint density at radius 3 is 2.80 bits per heavy atom. The van der Waals surface area contributed by atoms with Crippen LogP contribution in [0.3, 0.4) is 0 Å². The van der Waals surface area contributed by atoms with E-state index in [9.17, 15) is 13.2 Å². The van der Waals surface area contributed by atoms with Gasteiger partial charge in [0.25, 0.3) is 10.0 Å². The number of pyridine rings is 1. The molecule has 3 heterocycles. The Morgan fingerprint density at radius 1 is 1.23 bits per heavy atom. The Labute approximate surface area is 172 Å². The normalized spacial score (nSPS) is 15.1. The maximum Gasteiger partial charge on any atom is 0.310 e. The number of piperidine rings is 1. The lowest BCUT2D eigenvalue weighted by molar-refractivity contribution is 0.0678. The van der Waals surface area contributed by atoms with Gasteiger partial charge in [0.05, 0.1) is 4.90 Å². The van der Waals surface area contributed by atoms with E-state index in [-0.39, 0.29) is 33.9 Å². The van der Waals surface area contributed by atoms with Gasteiger partial charge in [0.15, 0.2) is 5.76 Å². The molecule has 0 saturated carbocycles. The molecular formula is C19H20N4O6S. The highest BCUT2D eigenvalue weighted by Crippen LogP contribution is 2.28. The third-order valence-corrected chi connectivity index (χ3v) is 6.07. The minimum atomic E-state index is -3.98. The number of ether oxygens (including phenoxy) is 1. The van der Waals surface area contributed by atoms with Crippen LogP contribution >= 0.6 is 0 Å². The quantitative estimate of drug-likeness (QED) is 0.342. The van der Waals surface area contributed by atoms with E-state index < -0.39 is 15.9 Å². The summed E-state index contributed by atoms with van der Waals surface area (Å²) in [5, 5.41) is 12.5. The van der Waals surface area contributed by atoms with Crippen molar-refractivity contribution in [1.82, 2.24) is 15.8 Å². The zero-order chi connectivity index (χ0) is 21.1. The SMILES string of the molecule is O=C(NO)c1cc2ccc(S(=O)(=O)Nc3cccnc3OC3CCNCC3)cc2o1. The molecule has 158 valence electrons. The second-order valence-corrected chi connectivity index (χ2v) is 8.46. The number of nitrogens with one attached hydrogen (secondary N) is 3. The van der Waals surface area contributed by atoms with Crippen molar-refractivity contribution in [2.75, 3.05) is 17.8 Å². The van der Waals surface area contributed by atoms with E-state index in [1.54, 1.807) is 12.1 Å². The van der Waals surface area contributed by atoms with Crippen LogP contribution in [0.2, 0.25) is 0 Å². The highest BCUT2D eigenvalue weighted by molar-refractivity contribution is 7.92. The van der Waals surface area contributed by atoms with Crippen molar-refractivity contribution < 1.29 is 27.6 Å². The summed E-state index contributed by atoms with van der Waals surface area (Å²) in [7, 11) is -3.98. The summed E-state index contributed by atoms with van der Waals surface area (Å²) in [6.07, 6.45) is 3.11. The van der Waals surface area contributed by atoms with Gasteiger partial charge in [-0.05, 0) is 56.3 Å². The molecule has 1 aliphatic heterocycles. The summed E-state index contributed by atoms with van der Waals surface area (Å²) >= 11 is 0. The van der Waals surface area contributed by atoms with Crippen LogP contribution in [-0.4, -0.2) is 43.7 Å². The van der Waals surface area contributed by atoms with Crippen LogP contribution in [-0.2, 0) is 10.0 Å². The number of anilines is 1. The number of carbonyl (C=O) groups is 1. The zero-order valence-electron chi connectivity index (χ0n) is 15.8. The lowest BCUT2D eigenvalue weighted by Crippen LogP contribution is -2.34. The molecule has 30 heavy (non-hydrogen) atoms. The molecule has 0 radical (unpaired) electrons. The minimum absolute atomic E-state index is 0.0417. The fourth-order valence-electron chi connectivity index (χ4n) is 3.18. The predicted molar refractivity (Wildman–Crippen MR) is 107 cm³/mol. The first-order valence-electron chi connectivity index (χ1n) is 9.29. The van der Waals surface area contributed by atoms with E-state index in [4.69, 9.17) is 14.4 Å². The smallest absolute Gasteiger partial charge is 0.310 e. The van der Waals surface area contributed by atoms with Crippen molar-refractivity contribution in [2.45, 2.75) is 23.8 Å². The summed E-state index contributed by atoms with van der Waals surface area (Å²) < 4.78 is 39.6. The molecule has 1 aromatic carbocycles. The second kappa shape index (κ2) is 8.30. The average molecular weight is 432 g/mol. The van der Waals surface area contributed by atoms with E-state index in [1.807, 2.05) is 0 Å². The van der Waals surface area contributed by atoms with Crippen LogP contribution in [0.25, 0.3) is 11.0 Å². The summed E-state index contributed by atoms with van der Waals surface area (Å²) in [6, 6.07) is 8.80. The highest BCUT2D eigenvalue weighted by atomic mass is 32.2. The molecule has 10 nitrogen and oxygen atoms in total. The van der Waals surface area contributed by atoms with E-state index in [0.717, 1.165) is 25.9 Å². The number of hydrogen-bond donors (Lipinski definition) is 4. The van der Waals surface area contributed by atoms with Gasteiger partial charge in [-0.2, -0.15) is 0 Å². The molecule has 0 spiro atoms. The fraction of sp³-hybridized carbons (Fsp3) is 0.263. The van der Waals surface area contributed by atoms with E-state index in [0.29, 0.717) is 5.39 Å². The molecule has 1 fully saturated rings. The molecule has 1 amide bonds. The van der Waals surface area contributed by atoms with Crippen molar-refractivity contribution in [2.24, 2.45) is 0 Å². The molecule has 3 aromatic rings. The van der Waals surface area contributed by atoms with E-state index in [2.05, 4.69) is 15.0 Å². The molecule has 0 unspecified atom stereocenters. The zero-order valence-corrected chi connectivity index (χ0v) is 16.6. The third-order valence-electron chi connectivity index (χ3n) is 4.71. The second-order valence-electron chi connectivity index (χ2n) is 6.78. The summed E-state index contributed by atoms with van der Waals surface area (Å²) in [5.41, 5.74) is 1.89. The standard InChI is InChI=1S/C19H20N4O6S/c24-18(22-25)17-10-12-3-4-14(11-16(12)29-17)30(26,27)23-15-2-1-7-21-19(15)28-13-5-8-20-9-6-13/h1-4,7,10-11,13,20,23,25H,5-6,8-9H2,(H,22,24). The number of carbonyl (C=O) groups excluding carboxylic acids is 1. The minimum Gasteiger partial charge on any atom is -0.473 e. The molecule has 1 saturated heterocycles. The maximum absolute atomic E-state index is 12.9. The first-order valence-corrected chi connectivity index (χ1v) is 10.8. The first-order chi connectivity index (χ1) is 14.5. The van der Waals surface area contributed by atoms with E-state index in [1.165, 1.54) is 35.9 Å². The molecule has 2 aromatic heterocycles. The van der Waals surface area contributed by atoms with Gasteiger partial charge < -0.3 is 14.5 Å². The molecule has 4 N–H and O–H groups in total. The van der Waals surface area contributed by atoms with E-state index >= 15 is 0 Å². The first kappa shape index (κ1) is 20.1. The van der Waals surface area contributed by atoms with Gasteiger partial charge >= 0.3 is 5.91 Å². The van der Waals surface area contributed by atoms with Gasteiger partial charge in [-0.25, -0.2) is 18.9 Å². The van der Waals surface area contributed by atoms with Gasteiger partial charge in [-0.15, -0.1) is 0 Å². The molecule has 0 atom stereocenters. The monoisotopic (exact) mass is 432 g/mol. The number of fused-ring (bicyclic) bond motifs is 1. The van der Waals surface area contributed by atoms with Gasteiger partial charge in [0.2, 0.25) is 5.88 Å². The van der Waals surface area contributed by atoms with Crippen LogP contribution in [0, 0.1) is 0 Å². The highest BCUT2D eigenvalue weighted by Gasteiger charge is 2.22. The van der Waals surface area contributed by atoms with Crippen LogP contribution in [0.1, 0.15) is 23.4 Å². The molecule has 4 rings (SSSR count). The largest absolute Gasteiger partial charge is 0.473 e. The lowest BCUT2D eigenvalue weighted by atomic mass is 10.1. The number of amides is 1. The number of hydroxylamine groups is 1. The Bertz CT molecular complexity index is 1170. The number of nitrogens with zero attached hydrogens (tertiary/aromatic N) is 1. The Morgan fingerprint density at radius 2 is 2.03 bits per heavy atom. The molecule has 0 bridgehead atoms. The Balaban J connectivity index is 1.59. The maximum atomic E-state index is 12.9. The van der Waals surface area contributed by atoms with Crippen molar-refractivity contribution >= 4 is 32.6 Å². The van der Waals surface area contributed by atoms with Gasteiger partial charge in [0.1, 0.15) is 17.4 Å². The third kappa shape index (κ3) is 4.22. The number of sulfonamides is 1. The van der Waals surface area contributed by atoms with Crippen LogP contribution in [0.15, 0.2) is 51.9 Å². The van der Waals surface area contributed by atoms with Crippen molar-refractivity contribution in [3.8, 4) is 5.88 Å². The van der Waals surface area contributed by atoms with Crippen LogP contribution in [0.5, 0.6) is 5.88 Å². The van der Waals surface area contributed by atoms with Gasteiger partial charge in [-0.3, -0.25) is 14.7 Å². The topological polar surface area (TPSA) is 143 Å². The molecular weight excluding hydrogens is 412 g/mol. The van der Waals surface area contributed by atoms with Crippen LogP contribution in [0.4, 0.5) is 5.69 Å². The summed E-state index contributed by atoms with van der Waals surface area (Å²) in [5.74, 6) is -0.752. The van der Waals surface area contributed by atoms with Crippen molar-refractivity contribution in [1.29, 1.82) is 0 Å². The Hall–Kier alpha value is -3.15. The van der Waals surface area contributed by atoms with Crippen LogP contribution < -0.4 is 20.3 Å². The molecule has 1 aliphatic rings. The number of rotatable bonds is 6. The average Bonchev–Trinajstić information content (AvgIpc) is 3.18.